The number of benzene rings is 1. The van der Waals surface area contributed by atoms with Crippen LogP contribution in [0.5, 0.6) is 0 Å². The van der Waals surface area contributed by atoms with Crippen molar-refractivity contribution in [3.63, 3.8) is 0 Å². The van der Waals surface area contributed by atoms with E-state index in [1.165, 1.54) is 10.2 Å². The van der Waals surface area contributed by atoms with Crippen molar-refractivity contribution in [1.82, 2.24) is 9.78 Å². The first-order valence-electron chi connectivity index (χ1n) is 6.97. The maximum atomic E-state index is 11.8. The average Bonchev–Trinajstić information content (AvgIpc) is 2.42. The molecule has 0 saturated carbocycles. The van der Waals surface area contributed by atoms with Crippen molar-refractivity contribution in [2.24, 2.45) is 11.7 Å². The predicted octanol–water partition coefficient (Wildman–Crippen LogP) is 2.49. The lowest BCUT2D eigenvalue weighted by molar-refractivity contribution is 0.465. The third-order valence-electron chi connectivity index (χ3n) is 3.09. The molecule has 0 saturated heterocycles. The van der Waals surface area contributed by atoms with Gasteiger partial charge in [0, 0.05) is 18.2 Å². The molecule has 2 aromatic rings. The van der Waals surface area contributed by atoms with Crippen molar-refractivity contribution < 1.29 is 0 Å². The summed E-state index contributed by atoms with van der Waals surface area (Å²) in [5, 5.41) is 4.44. The predicted molar refractivity (Wildman–Crippen MR) is 88.8 cm³/mol. The van der Waals surface area contributed by atoms with E-state index in [1.54, 1.807) is 12.1 Å². The van der Waals surface area contributed by atoms with Crippen molar-refractivity contribution >= 4 is 12.4 Å². The molecule has 0 aliphatic rings. The fourth-order valence-electron chi connectivity index (χ4n) is 2.09. The van der Waals surface area contributed by atoms with Gasteiger partial charge in [-0.2, -0.15) is 5.10 Å². The van der Waals surface area contributed by atoms with Gasteiger partial charge in [0.05, 0.1) is 5.69 Å². The first kappa shape index (κ1) is 17.4. The average molecular weight is 308 g/mol. The summed E-state index contributed by atoms with van der Waals surface area (Å²) in [5.74, 6) is 0.391. The highest BCUT2D eigenvalue weighted by atomic mass is 35.5. The first-order valence-corrected chi connectivity index (χ1v) is 6.97. The van der Waals surface area contributed by atoms with E-state index in [1.807, 2.05) is 12.1 Å². The molecule has 0 bridgehead atoms. The van der Waals surface area contributed by atoms with E-state index in [-0.39, 0.29) is 18.0 Å². The number of rotatable bonds is 5. The van der Waals surface area contributed by atoms with Crippen LogP contribution in [0.15, 0.2) is 41.2 Å². The van der Waals surface area contributed by atoms with Crippen LogP contribution in [0, 0.1) is 5.92 Å². The third-order valence-corrected chi connectivity index (χ3v) is 3.09. The van der Waals surface area contributed by atoms with Gasteiger partial charge >= 0.3 is 0 Å². The van der Waals surface area contributed by atoms with Crippen LogP contribution in [-0.4, -0.2) is 16.3 Å². The van der Waals surface area contributed by atoms with Gasteiger partial charge < -0.3 is 5.73 Å². The summed E-state index contributed by atoms with van der Waals surface area (Å²) in [6.07, 6.45) is 0.876. The quantitative estimate of drug-likeness (QED) is 0.923. The summed E-state index contributed by atoms with van der Waals surface area (Å²) in [5.41, 5.74) is 8.54. The molecule has 0 aliphatic carbocycles. The summed E-state index contributed by atoms with van der Waals surface area (Å²) >= 11 is 0. The lowest BCUT2D eigenvalue weighted by atomic mass is 10.1. The molecular weight excluding hydrogens is 286 g/mol. The zero-order chi connectivity index (χ0) is 14.5. The normalized spacial score (nSPS) is 10.5. The number of nitrogens with two attached hydrogens (primary N) is 1. The Morgan fingerprint density at radius 3 is 2.38 bits per heavy atom. The molecule has 0 unspecified atom stereocenters. The molecule has 1 heterocycles. The summed E-state index contributed by atoms with van der Waals surface area (Å²) in [7, 11) is 0. The Balaban J connectivity index is 0.00000220. The van der Waals surface area contributed by atoms with Gasteiger partial charge in [0.25, 0.3) is 5.56 Å². The number of halogens is 1. The highest BCUT2D eigenvalue weighted by molar-refractivity contribution is 5.85. The Kier molecular flexibility index (Phi) is 6.59. The molecule has 1 aromatic heterocycles. The Labute approximate surface area is 131 Å². The van der Waals surface area contributed by atoms with Gasteiger partial charge in [-0.3, -0.25) is 4.79 Å². The van der Waals surface area contributed by atoms with Gasteiger partial charge in [0.2, 0.25) is 0 Å². The van der Waals surface area contributed by atoms with Crippen molar-refractivity contribution in [1.29, 1.82) is 0 Å². The molecule has 1 aromatic carbocycles. The first-order chi connectivity index (χ1) is 9.60. The SMILES string of the molecule is CC(C)Cn1nc(-c2ccc(CCN)cc2)ccc1=O.Cl. The van der Waals surface area contributed by atoms with Crippen molar-refractivity contribution in [2.45, 2.75) is 26.8 Å². The van der Waals surface area contributed by atoms with E-state index in [0.29, 0.717) is 19.0 Å². The van der Waals surface area contributed by atoms with Crippen LogP contribution >= 0.6 is 12.4 Å². The summed E-state index contributed by atoms with van der Waals surface area (Å²) in [6, 6.07) is 11.5. The number of hydrogen-bond donors (Lipinski definition) is 1. The molecular formula is C16H22ClN3O. The minimum atomic E-state index is -0.0535. The third kappa shape index (κ3) is 4.69. The maximum Gasteiger partial charge on any atom is 0.266 e. The van der Waals surface area contributed by atoms with E-state index in [2.05, 4.69) is 31.1 Å². The van der Waals surface area contributed by atoms with Gasteiger partial charge in [0.15, 0.2) is 0 Å². The molecule has 21 heavy (non-hydrogen) atoms. The number of nitrogens with zero attached hydrogens (tertiary/aromatic N) is 2. The topological polar surface area (TPSA) is 60.9 Å². The van der Waals surface area contributed by atoms with Gasteiger partial charge in [0.1, 0.15) is 0 Å². The van der Waals surface area contributed by atoms with Gasteiger partial charge in [-0.15, -0.1) is 12.4 Å². The Hall–Kier alpha value is -1.65. The van der Waals surface area contributed by atoms with E-state index >= 15 is 0 Å². The largest absolute Gasteiger partial charge is 0.330 e. The van der Waals surface area contributed by atoms with Crippen LogP contribution in [0.2, 0.25) is 0 Å². The maximum absolute atomic E-state index is 11.8. The minimum absolute atomic E-state index is 0. The molecule has 0 atom stereocenters. The molecule has 2 N–H and O–H groups in total. The monoisotopic (exact) mass is 307 g/mol. The zero-order valence-electron chi connectivity index (χ0n) is 12.5. The fraction of sp³-hybridized carbons (Fsp3) is 0.375. The van der Waals surface area contributed by atoms with Crippen LogP contribution in [0.1, 0.15) is 19.4 Å². The molecule has 114 valence electrons. The highest BCUT2D eigenvalue weighted by Gasteiger charge is 2.05. The van der Waals surface area contributed by atoms with E-state index in [9.17, 15) is 4.79 Å². The molecule has 0 aliphatic heterocycles. The molecule has 5 heteroatoms. The van der Waals surface area contributed by atoms with E-state index in [0.717, 1.165) is 17.7 Å². The van der Waals surface area contributed by atoms with Crippen LogP contribution in [-0.2, 0) is 13.0 Å². The Morgan fingerprint density at radius 2 is 1.81 bits per heavy atom. The second-order valence-electron chi connectivity index (χ2n) is 5.37. The lowest BCUT2D eigenvalue weighted by Gasteiger charge is -2.09. The molecule has 0 fully saturated rings. The van der Waals surface area contributed by atoms with Crippen molar-refractivity contribution in [3.05, 3.63) is 52.3 Å². The fourth-order valence-corrected chi connectivity index (χ4v) is 2.09. The summed E-state index contributed by atoms with van der Waals surface area (Å²) in [6.45, 7) is 5.43. The second-order valence-corrected chi connectivity index (χ2v) is 5.37. The van der Waals surface area contributed by atoms with Crippen molar-refractivity contribution in [2.75, 3.05) is 6.54 Å². The van der Waals surface area contributed by atoms with Crippen LogP contribution in [0.25, 0.3) is 11.3 Å². The van der Waals surface area contributed by atoms with Crippen molar-refractivity contribution in [3.8, 4) is 11.3 Å². The highest BCUT2D eigenvalue weighted by Crippen LogP contribution is 2.16. The second kappa shape index (κ2) is 7.96. The molecule has 0 radical (unpaired) electrons. The van der Waals surface area contributed by atoms with E-state index in [4.69, 9.17) is 5.73 Å². The Bertz CT molecular complexity index is 620. The van der Waals surface area contributed by atoms with Gasteiger partial charge in [-0.05, 0) is 30.5 Å². The minimum Gasteiger partial charge on any atom is -0.330 e. The van der Waals surface area contributed by atoms with Crippen LogP contribution in [0.3, 0.4) is 0 Å². The molecule has 0 spiro atoms. The number of hydrogen-bond acceptors (Lipinski definition) is 3. The zero-order valence-corrected chi connectivity index (χ0v) is 13.3. The standard InChI is InChI=1S/C16H21N3O.ClH/c1-12(2)11-19-16(20)8-7-15(18-19)14-5-3-13(4-6-14)9-10-17;/h3-8,12H,9-11,17H2,1-2H3;1H. The summed E-state index contributed by atoms with van der Waals surface area (Å²) in [4.78, 5) is 11.8. The smallest absolute Gasteiger partial charge is 0.266 e. The van der Waals surface area contributed by atoms with E-state index < -0.39 is 0 Å². The Morgan fingerprint density at radius 1 is 1.14 bits per heavy atom. The van der Waals surface area contributed by atoms with Gasteiger partial charge in [-0.25, -0.2) is 4.68 Å². The summed E-state index contributed by atoms with van der Waals surface area (Å²) < 4.78 is 1.54. The van der Waals surface area contributed by atoms with Crippen LogP contribution in [0.4, 0.5) is 0 Å². The van der Waals surface area contributed by atoms with Crippen LogP contribution < -0.4 is 11.3 Å². The number of aromatic nitrogens is 2. The lowest BCUT2D eigenvalue weighted by Crippen LogP contribution is -2.24. The molecule has 4 nitrogen and oxygen atoms in total. The molecule has 0 amide bonds. The van der Waals surface area contributed by atoms with Gasteiger partial charge in [-0.1, -0.05) is 38.1 Å². The molecule has 2 rings (SSSR count).